The maximum Gasteiger partial charge on any atom is 0.238 e. The van der Waals surface area contributed by atoms with Gasteiger partial charge in [-0.25, -0.2) is 4.39 Å². The fourth-order valence-corrected chi connectivity index (χ4v) is 2.42. The number of hydrogen-bond donors (Lipinski definition) is 2. The summed E-state index contributed by atoms with van der Waals surface area (Å²) in [7, 11) is 0. The zero-order valence-corrected chi connectivity index (χ0v) is 13.8. The molecular formula is C19H23FN2O. The molecule has 0 saturated carbocycles. The Morgan fingerprint density at radius 3 is 2.35 bits per heavy atom. The molecule has 2 aromatic rings. The van der Waals surface area contributed by atoms with Gasteiger partial charge in [-0.3, -0.25) is 4.79 Å². The molecule has 2 N–H and O–H groups in total. The van der Waals surface area contributed by atoms with Crippen LogP contribution in [0.2, 0.25) is 0 Å². The maximum absolute atomic E-state index is 12.9. The van der Waals surface area contributed by atoms with Gasteiger partial charge in [0.15, 0.2) is 0 Å². The lowest BCUT2D eigenvalue weighted by Gasteiger charge is -2.16. The molecule has 0 saturated heterocycles. The maximum atomic E-state index is 12.9. The molecule has 0 heterocycles. The third-order valence-corrected chi connectivity index (χ3v) is 3.80. The molecule has 0 aliphatic carbocycles. The Balaban J connectivity index is 1.91. The minimum absolute atomic E-state index is 0.0262. The summed E-state index contributed by atoms with van der Waals surface area (Å²) >= 11 is 0. The summed E-state index contributed by atoms with van der Waals surface area (Å²) < 4.78 is 12.9. The van der Waals surface area contributed by atoms with Crippen molar-refractivity contribution in [3.05, 3.63) is 65.5 Å². The Morgan fingerprint density at radius 1 is 1.04 bits per heavy atom. The van der Waals surface area contributed by atoms with E-state index in [9.17, 15) is 9.18 Å². The van der Waals surface area contributed by atoms with Crippen LogP contribution in [0.25, 0.3) is 0 Å². The van der Waals surface area contributed by atoms with E-state index in [1.54, 1.807) is 12.1 Å². The van der Waals surface area contributed by atoms with Crippen LogP contribution >= 0.6 is 0 Å². The van der Waals surface area contributed by atoms with Gasteiger partial charge in [0.05, 0.1) is 6.54 Å². The van der Waals surface area contributed by atoms with Crippen molar-refractivity contribution in [2.24, 2.45) is 0 Å². The number of amides is 1. The fourth-order valence-electron chi connectivity index (χ4n) is 2.42. The Kier molecular flexibility index (Phi) is 5.88. The van der Waals surface area contributed by atoms with Gasteiger partial charge in [0, 0.05) is 11.7 Å². The molecule has 0 aliphatic rings. The van der Waals surface area contributed by atoms with Gasteiger partial charge in [0.1, 0.15) is 5.82 Å². The van der Waals surface area contributed by atoms with Crippen molar-refractivity contribution in [2.45, 2.75) is 32.7 Å². The van der Waals surface area contributed by atoms with E-state index < -0.39 is 0 Å². The van der Waals surface area contributed by atoms with Gasteiger partial charge in [-0.1, -0.05) is 44.2 Å². The number of halogens is 1. The van der Waals surface area contributed by atoms with Crippen LogP contribution in [0.3, 0.4) is 0 Å². The Hall–Kier alpha value is -2.20. The molecule has 2 rings (SSSR count). The molecule has 0 fully saturated rings. The molecule has 0 aliphatic heterocycles. The summed E-state index contributed by atoms with van der Waals surface area (Å²) in [6.45, 7) is 6.34. The molecule has 3 nitrogen and oxygen atoms in total. The first kappa shape index (κ1) is 17.2. The standard InChI is InChI=1S/C19H23FN2O/c1-13(2)17-6-4-5-7-18(17)22-19(23)12-21-14(3)15-8-10-16(20)11-9-15/h4-11,13-14,21H,12H2,1-3H3,(H,22,23)/t14-/m1/s1. The number of para-hydroxylation sites is 1. The lowest BCUT2D eigenvalue weighted by Crippen LogP contribution is -2.30. The minimum atomic E-state index is -0.260. The van der Waals surface area contributed by atoms with Crippen molar-refractivity contribution in [3.63, 3.8) is 0 Å². The second-order valence-electron chi connectivity index (χ2n) is 5.94. The van der Waals surface area contributed by atoms with E-state index in [0.29, 0.717) is 5.92 Å². The van der Waals surface area contributed by atoms with Crippen molar-refractivity contribution < 1.29 is 9.18 Å². The third kappa shape index (κ3) is 4.89. The molecule has 1 atom stereocenters. The highest BCUT2D eigenvalue weighted by Crippen LogP contribution is 2.23. The summed E-state index contributed by atoms with van der Waals surface area (Å²) in [6.07, 6.45) is 0. The van der Waals surface area contributed by atoms with Gasteiger partial charge in [0.25, 0.3) is 0 Å². The van der Waals surface area contributed by atoms with E-state index in [1.165, 1.54) is 12.1 Å². The van der Waals surface area contributed by atoms with Gasteiger partial charge in [-0.15, -0.1) is 0 Å². The summed E-state index contributed by atoms with van der Waals surface area (Å²) in [5.74, 6) is -0.00588. The number of carbonyl (C=O) groups excluding carboxylic acids is 1. The smallest absolute Gasteiger partial charge is 0.238 e. The van der Waals surface area contributed by atoms with Crippen LogP contribution in [0, 0.1) is 5.82 Å². The summed E-state index contributed by atoms with van der Waals surface area (Å²) in [5, 5.41) is 6.10. The lowest BCUT2D eigenvalue weighted by atomic mass is 10.0. The zero-order chi connectivity index (χ0) is 16.8. The Morgan fingerprint density at radius 2 is 1.70 bits per heavy atom. The summed E-state index contributed by atoms with van der Waals surface area (Å²) in [6, 6.07) is 14.1. The normalized spacial score (nSPS) is 12.2. The van der Waals surface area contributed by atoms with Gasteiger partial charge in [-0.2, -0.15) is 0 Å². The minimum Gasteiger partial charge on any atom is -0.325 e. The van der Waals surface area contributed by atoms with Crippen LogP contribution < -0.4 is 10.6 Å². The zero-order valence-electron chi connectivity index (χ0n) is 13.8. The second-order valence-corrected chi connectivity index (χ2v) is 5.94. The number of benzene rings is 2. The average Bonchev–Trinajstić information content (AvgIpc) is 2.53. The summed E-state index contributed by atoms with van der Waals surface area (Å²) in [4.78, 5) is 12.1. The number of anilines is 1. The number of rotatable bonds is 6. The van der Waals surface area contributed by atoms with Gasteiger partial charge < -0.3 is 10.6 Å². The van der Waals surface area contributed by atoms with E-state index in [2.05, 4.69) is 24.5 Å². The molecule has 4 heteroatoms. The van der Waals surface area contributed by atoms with Crippen molar-refractivity contribution >= 4 is 11.6 Å². The lowest BCUT2D eigenvalue weighted by molar-refractivity contribution is -0.115. The second kappa shape index (κ2) is 7.88. The van der Waals surface area contributed by atoms with Gasteiger partial charge >= 0.3 is 0 Å². The van der Waals surface area contributed by atoms with E-state index in [1.807, 2.05) is 31.2 Å². The average molecular weight is 314 g/mol. The van der Waals surface area contributed by atoms with Crippen LogP contribution in [0.15, 0.2) is 48.5 Å². The highest BCUT2D eigenvalue weighted by molar-refractivity contribution is 5.93. The van der Waals surface area contributed by atoms with Crippen LogP contribution in [-0.4, -0.2) is 12.5 Å². The number of carbonyl (C=O) groups is 1. The molecule has 23 heavy (non-hydrogen) atoms. The highest BCUT2D eigenvalue weighted by Gasteiger charge is 2.11. The fraction of sp³-hybridized carbons (Fsp3) is 0.316. The molecule has 0 aromatic heterocycles. The topological polar surface area (TPSA) is 41.1 Å². The predicted molar refractivity (Wildman–Crippen MR) is 92.0 cm³/mol. The van der Waals surface area contributed by atoms with Crippen molar-refractivity contribution in [1.82, 2.24) is 5.32 Å². The number of nitrogens with one attached hydrogen (secondary N) is 2. The monoisotopic (exact) mass is 314 g/mol. The molecular weight excluding hydrogens is 291 g/mol. The van der Waals surface area contributed by atoms with Gasteiger partial charge in [0.2, 0.25) is 5.91 Å². The largest absolute Gasteiger partial charge is 0.325 e. The van der Waals surface area contributed by atoms with Crippen LogP contribution in [-0.2, 0) is 4.79 Å². The SMILES string of the molecule is CC(C)c1ccccc1NC(=O)CN[C@H](C)c1ccc(F)cc1. The first-order chi connectivity index (χ1) is 11.0. The van der Waals surface area contributed by atoms with Crippen molar-refractivity contribution in [3.8, 4) is 0 Å². The van der Waals surface area contributed by atoms with Crippen LogP contribution in [0.1, 0.15) is 43.9 Å². The van der Waals surface area contributed by atoms with E-state index in [-0.39, 0.29) is 24.3 Å². The quantitative estimate of drug-likeness (QED) is 0.837. The highest BCUT2D eigenvalue weighted by atomic mass is 19.1. The molecule has 0 bridgehead atoms. The molecule has 1 amide bonds. The molecule has 122 valence electrons. The van der Waals surface area contributed by atoms with E-state index in [4.69, 9.17) is 0 Å². The van der Waals surface area contributed by atoms with E-state index in [0.717, 1.165) is 16.8 Å². The first-order valence-electron chi connectivity index (χ1n) is 7.85. The van der Waals surface area contributed by atoms with Crippen LogP contribution in [0.4, 0.5) is 10.1 Å². The van der Waals surface area contributed by atoms with Crippen molar-refractivity contribution in [1.29, 1.82) is 0 Å². The molecule has 2 aromatic carbocycles. The molecule has 0 radical (unpaired) electrons. The van der Waals surface area contributed by atoms with E-state index >= 15 is 0 Å². The molecule has 0 unspecified atom stereocenters. The first-order valence-corrected chi connectivity index (χ1v) is 7.85. The van der Waals surface area contributed by atoms with Gasteiger partial charge in [-0.05, 0) is 42.2 Å². The Bertz CT molecular complexity index is 653. The van der Waals surface area contributed by atoms with Crippen molar-refractivity contribution in [2.75, 3.05) is 11.9 Å². The Labute approximate surface area is 136 Å². The third-order valence-electron chi connectivity index (χ3n) is 3.80. The predicted octanol–water partition coefficient (Wildman–Crippen LogP) is 4.24. The van der Waals surface area contributed by atoms with Crippen LogP contribution in [0.5, 0.6) is 0 Å². The number of hydrogen-bond acceptors (Lipinski definition) is 2. The molecule has 0 spiro atoms. The summed E-state index contributed by atoms with van der Waals surface area (Å²) in [5.41, 5.74) is 2.91.